The van der Waals surface area contributed by atoms with Gasteiger partial charge in [-0.15, -0.1) is 0 Å². The van der Waals surface area contributed by atoms with Crippen molar-refractivity contribution < 1.29 is 23.9 Å². The molecule has 1 aromatic carbocycles. The van der Waals surface area contributed by atoms with Crippen LogP contribution in [0.1, 0.15) is 76.2 Å². The number of ether oxygens (including phenoxy) is 1. The summed E-state index contributed by atoms with van der Waals surface area (Å²) in [5.74, 6) is -0.296. The molecule has 0 aliphatic carbocycles. The molecule has 1 aromatic heterocycles. The van der Waals surface area contributed by atoms with Crippen LogP contribution in [0.15, 0.2) is 18.2 Å². The number of nitrogens with zero attached hydrogens (tertiary/aromatic N) is 2. The third-order valence-electron chi connectivity index (χ3n) is 6.48. The van der Waals surface area contributed by atoms with Gasteiger partial charge in [-0.1, -0.05) is 12.8 Å². The van der Waals surface area contributed by atoms with E-state index in [0.717, 1.165) is 36.9 Å². The van der Waals surface area contributed by atoms with Gasteiger partial charge in [0.1, 0.15) is 11.8 Å². The number of hydrogen-bond acceptors (Lipinski definition) is 6. The molecule has 2 aliphatic rings. The molecule has 4 rings (SSSR count). The van der Waals surface area contributed by atoms with Crippen LogP contribution >= 0.6 is 0 Å². The van der Waals surface area contributed by atoms with Crippen LogP contribution in [-0.4, -0.2) is 57.9 Å². The van der Waals surface area contributed by atoms with Crippen LogP contribution in [0.5, 0.6) is 5.75 Å². The van der Waals surface area contributed by atoms with E-state index in [1.54, 1.807) is 12.1 Å². The fourth-order valence-corrected chi connectivity index (χ4v) is 4.59. The number of imide groups is 1. The number of aromatic amines is 1. The van der Waals surface area contributed by atoms with E-state index >= 15 is 0 Å². The number of H-pyrrole nitrogens is 1. The minimum absolute atomic E-state index is 0.0941. The summed E-state index contributed by atoms with van der Waals surface area (Å²) in [6.07, 6.45) is 4.31. The molecule has 1 atom stereocenters. The molecule has 0 radical (unpaired) electrons. The first-order valence-corrected chi connectivity index (χ1v) is 12.1. The molecule has 3 heterocycles. The second kappa shape index (κ2) is 10.7. The number of hydrogen-bond donors (Lipinski definition) is 3. The Morgan fingerprint density at radius 1 is 1.17 bits per heavy atom. The predicted molar refractivity (Wildman–Crippen MR) is 127 cm³/mol. The Labute approximate surface area is 203 Å². The summed E-state index contributed by atoms with van der Waals surface area (Å²) in [6, 6.07) is 4.76. The Balaban J connectivity index is 1.15. The summed E-state index contributed by atoms with van der Waals surface area (Å²) >= 11 is 0. The van der Waals surface area contributed by atoms with Crippen molar-refractivity contribution in [3.63, 3.8) is 0 Å². The Morgan fingerprint density at radius 2 is 1.97 bits per heavy atom. The monoisotopic (exact) mass is 481 g/mol. The van der Waals surface area contributed by atoms with Crippen LogP contribution in [0, 0.1) is 13.8 Å². The summed E-state index contributed by atoms with van der Waals surface area (Å²) in [6.45, 7) is 5.16. The maximum Gasteiger partial charge on any atom is 0.255 e. The first-order valence-electron chi connectivity index (χ1n) is 12.1. The number of piperidine rings is 1. The Kier molecular flexibility index (Phi) is 7.48. The zero-order chi connectivity index (χ0) is 24.9. The first-order chi connectivity index (χ1) is 16.8. The molecule has 1 saturated heterocycles. The van der Waals surface area contributed by atoms with Gasteiger partial charge in [0.15, 0.2) is 0 Å². The number of carbonyl (C=O) groups is 4. The summed E-state index contributed by atoms with van der Waals surface area (Å²) in [5, 5.41) is 12.1. The van der Waals surface area contributed by atoms with Crippen molar-refractivity contribution in [1.82, 2.24) is 25.7 Å². The molecule has 10 heteroatoms. The van der Waals surface area contributed by atoms with Crippen molar-refractivity contribution in [2.75, 3.05) is 13.2 Å². The van der Waals surface area contributed by atoms with Gasteiger partial charge in [-0.05, 0) is 56.9 Å². The second-order valence-corrected chi connectivity index (χ2v) is 9.05. The molecule has 10 nitrogen and oxygen atoms in total. The van der Waals surface area contributed by atoms with Gasteiger partial charge in [0, 0.05) is 30.8 Å². The van der Waals surface area contributed by atoms with E-state index < -0.39 is 11.9 Å². The number of nitrogens with one attached hydrogen (secondary N) is 3. The van der Waals surface area contributed by atoms with Gasteiger partial charge < -0.3 is 15.0 Å². The molecule has 2 aromatic rings. The molecule has 0 saturated carbocycles. The van der Waals surface area contributed by atoms with E-state index in [0.29, 0.717) is 48.7 Å². The number of benzene rings is 1. The highest BCUT2D eigenvalue weighted by Gasteiger charge is 2.39. The van der Waals surface area contributed by atoms with Crippen LogP contribution in [0.4, 0.5) is 0 Å². The van der Waals surface area contributed by atoms with E-state index in [9.17, 15) is 19.2 Å². The highest BCUT2D eigenvalue weighted by molar-refractivity contribution is 6.05. The fourth-order valence-electron chi connectivity index (χ4n) is 4.59. The Morgan fingerprint density at radius 3 is 2.71 bits per heavy atom. The zero-order valence-corrected chi connectivity index (χ0v) is 20.1. The third-order valence-corrected chi connectivity index (χ3v) is 6.48. The molecule has 1 unspecified atom stereocenters. The smallest absolute Gasteiger partial charge is 0.255 e. The number of fused-ring (bicyclic) bond motifs is 1. The standard InChI is InChI=1S/C25H31N5O5/c1-15-22(16(2)29-28-15)24(33)26-11-5-3-4-6-12-35-18-7-8-19-17(13-18)14-30(25(19)34)20-9-10-21(31)27-23(20)32/h7-8,13,20H,3-6,9-12,14H2,1-2H3,(H,26,33)(H,28,29)(H,27,31,32). The van der Waals surface area contributed by atoms with Crippen LogP contribution in [0.2, 0.25) is 0 Å². The molecule has 1 fully saturated rings. The fraction of sp³-hybridized carbons (Fsp3) is 0.480. The Bertz CT molecular complexity index is 1120. The lowest BCUT2D eigenvalue weighted by Gasteiger charge is -2.29. The lowest BCUT2D eigenvalue weighted by atomic mass is 10.0. The molecular weight excluding hydrogens is 450 g/mol. The number of aryl methyl sites for hydroxylation is 2. The predicted octanol–water partition coefficient (Wildman–Crippen LogP) is 2.16. The molecular formula is C25H31N5O5. The van der Waals surface area contributed by atoms with Gasteiger partial charge in [0.25, 0.3) is 11.8 Å². The van der Waals surface area contributed by atoms with E-state index in [1.165, 1.54) is 4.90 Å². The second-order valence-electron chi connectivity index (χ2n) is 9.05. The summed E-state index contributed by atoms with van der Waals surface area (Å²) in [4.78, 5) is 50.1. The molecule has 0 spiro atoms. The minimum Gasteiger partial charge on any atom is -0.494 e. The van der Waals surface area contributed by atoms with E-state index in [1.807, 2.05) is 19.9 Å². The molecule has 0 bridgehead atoms. The maximum absolute atomic E-state index is 12.8. The maximum atomic E-state index is 12.8. The topological polar surface area (TPSA) is 133 Å². The van der Waals surface area contributed by atoms with Gasteiger partial charge in [0.2, 0.25) is 11.8 Å². The van der Waals surface area contributed by atoms with Gasteiger partial charge in [0.05, 0.1) is 17.9 Å². The van der Waals surface area contributed by atoms with Crippen molar-refractivity contribution in [1.29, 1.82) is 0 Å². The van der Waals surface area contributed by atoms with Gasteiger partial charge in [-0.3, -0.25) is 29.6 Å². The SMILES string of the molecule is Cc1n[nH]c(C)c1C(=O)NCCCCCCOc1ccc2c(c1)CN(C1CCC(=O)NC1=O)C2=O. The van der Waals surface area contributed by atoms with Crippen LogP contribution in [0.3, 0.4) is 0 Å². The van der Waals surface area contributed by atoms with E-state index in [-0.39, 0.29) is 24.1 Å². The van der Waals surface area contributed by atoms with Crippen LogP contribution < -0.4 is 15.4 Å². The van der Waals surface area contributed by atoms with E-state index in [2.05, 4.69) is 20.8 Å². The van der Waals surface area contributed by atoms with Crippen molar-refractivity contribution >= 4 is 23.6 Å². The number of amides is 4. The number of aromatic nitrogens is 2. The lowest BCUT2D eigenvalue weighted by molar-refractivity contribution is -0.136. The highest BCUT2D eigenvalue weighted by Crippen LogP contribution is 2.30. The quantitative estimate of drug-likeness (QED) is 0.352. The number of carbonyl (C=O) groups excluding carboxylic acids is 4. The summed E-state index contributed by atoms with van der Waals surface area (Å²) in [5.41, 5.74) is 3.50. The normalized spacial score (nSPS) is 17.4. The van der Waals surface area contributed by atoms with Crippen molar-refractivity contribution in [3.05, 3.63) is 46.3 Å². The molecule has 2 aliphatic heterocycles. The number of unbranched alkanes of at least 4 members (excludes halogenated alkanes) is 3. The van der Waals surface area contributed by atoms with Crippen molar-refractivity contribution in [3.8, 4) is 5.75 Å². The average molecular weight is 482 g/mol. The number of rotatable bonds is 10. The van der Waals surface area contributed by atoms with Crippen molar-refractivity contribution in [2.45, 2.75) is 65.0 Å². The van der Waals surface area contributed by atoms with Gasteiger partial charge >= 0.3 is 0 Å². The van der Waals surface area contributed by atoms with Crippen LogP contribution in [-0.2, 0) is 16.1 Å². The molecule has 3 N–H and O–H groups in total. The minimum atomic E-state index is -0.616. The zero-order valence-electron chi connectivity index (χ0n) is 20.1. The van der Waals surface area contributed by atoms with Gasteiger partial charge in [-0.25, -0.2) is 0 Å². The van der Waals surface area contributed by atoms with E-state index in [4.69, 9.17) is 4.74 Å². The first kappa shape index (κ1) is 24.4. The molecule has 4 amide bonds. The lowest BCUT2D eigenvalue weighted by Crippen LogP contribution is -2.52. The Hall–Kier alpha value is -3.69. The van der Waals surface area contributed by atoms with Crippen molar-refractivity contribution in [2.24, 2.45) is 0 Å². The summed E-state index contributed by atoms with van der Waals surface area (Å²) in [7, 11) is 0. The molecule has 186 valence electrons. The average Bonchev–Trinajstić information content (AvgIpc) is 3.33. The third kappa shape index (κ3) is 5.52. The highest BCUT2D eigenvalue weighted by atomic mass is 16.5. The van der Waals surface area contributed by atoms with Crippen LogP contribution in [0.25, 0.3) is 0 Å². The summed E-state index contributed by atoms with van der Waals surface area (Å²) < 4.78 is 5.87. The largest absolute Gasteiger partial charge is 0.494 e. The molecule has 35 heavy (non-hydrogen) atoms. The van der Waals surface area contributed by atoms with Gasteiger partial charge in [-0.2, -0.15) is 5.10 Å².